The lowest BCUT2D eigenvalue weighted by Gasteiger charge is -2.11. The van der Waals surface area contributed by atoms with Crippen molar-refractivity contribution in [3.63, 3.8) is 0 Å². The molecule has 3 aromatic rings. The summed E-state index contributed by atoms with van der Waals surface area (Å²) in [4.78, 5) is 36.5. The Kier molecular flexibility index (Phi) is 4.44. The Hall–Kier alpha value is -3.78. The normalized spacial score (nSPS) is 16.7. The lowest BCUT2D eigenvalue weighted by Crippen LogP contribution is -2.21. The van der Waals surface area contributed by atoms with E-state index in [0.717, 1.165) is 4.47 Å². The van der Waals surface area contributed by atoms with E-state index in [1.54, 1.807) is 55.5 Å². The standard InChI is InChI=1S/C23H14BrN3O4/c1-12-18(23(30)27(26-12)15-5-3-14(24)4-6-15)11-16-7-9-20(31-16)13-2-8-17-19(10-13)22(29)25-21(17)28/h2-11H,1H3,(H,25,28,29). The summed E-state index contributed by atoms with van der Waals surface area (Å²) in [6.45, 7) is 1.77. The molecule has 5 rings (SSSR count). The van der Waals surface area contributed by atoms with E-state index in [9.17, 15) is 14.4 Å². The summed E-state index contributed by atoms with van der Waals surface area (Å²) in [6, 6.07) is 15.7. The average molecular weight is 476 g/mol. The molecule has 7 nitrogen and oxygen atoms in total. The summed E-state index contributed by atoms with van der Waals surface area (Å²) in [6.07, 6.45) is 1.65. The molecule has 0 saturated heterocycles. The van der Waals surface area contributed by atoms with Crippen LogP contribution in [0.3, 0.4) is 0 Å². The first-order chi connectivity index (χ1) is 14.9. The molecule has 0 bridgehead atoms. The van der Waals surface area contributed by atoms with Gasteiger partial charge in [0.15, 0.2) is 0 Å². The first kappa shape index (κ1) is 19.2. The summed E-state index contributed by atoms with van der Waals surface area (Å²) in [5.41, 5.74) is 3.01. The Bertz CT molecular complexity index is 1340. The number of anilines is 1. The molecule has 2 aliphatic heterocycles. The predicted octanol–water partition coefficient (Wildman–Crippen LogP) is 4.40. The number of amides is 3. The van der Waals surface area contributed by atoms with Gasteiger partial charge in [-0.05, 0) is 61.5 Å². The number of furan rings is 1. The average Bonchev–Trinajstić information content (AvgIpc) is 3.42. The number of carbonyl (C=O) groups is 3. The molecule has 3 heterocycles. The van der Waals surface area contributed by atoms with Gasteiger partial charge in [0.2, 0.25) is 0 Å². The lowest BCUT2D eigenvalue weighted by molar-refractivity contribution is -0.114. The second-order valence-corrected chi connectivity index (χ2v) is 8.00. The van der Waals surface area contributed by atoms with Gasteiger partial charge >= 0.3 is 0 Å². The third-order valence-electron chi connectivity index (χ3n) is 5.07. The van der Waals surface area contributed by atoms with Crippen molar-refractivity contribution in [3.05, 3.63) is 81.5 Å². The molecule has 0 fully saturated rings. The molecule has 0 unspecified atom stereocenters. The van der Waals surface area contributed by atoms with Crippen LogP contribution in [-0.4, -0.2) is 23.4 Å². The summed E-state index contributed by atoms with van der Waals surface area (Å²) in [5, 5.41) is 7.99. The van der Waals surface area contributed by atoms with Crippen molar-refractivity contribution in [2.24, 2.45) is 5.10 Å². The third-order valence-corrected chi connectivity index (χ3v) is 5.60. The van der Waals surface area contributed by atoms with Crippen LogP contribution in [-0.2, 0) is 4.79 Å². The maximum Gasteiger partial charge on any atom is 0.280 e. The van der Waals surface area contributed by atoms with Gasteiger partial charge in [0.05, 0.1) is 28.1 Å². The van der Waals surface area contributed by atoms with Crippen molar-refractivity contribution in [1.82, 2.24) is 5.32 Å². The summed E-state index contributed by atoms with van der Waals surface area (Å²) in [7, 11) is 0. The Morgan fingerprint density at radius 1 is 0.968 bits per heavy atom. The van der Waals surface area contributed by atoms with Gasteiger partial charge in [-0.25, -0.2) is 0 Å². The molecule has 0 saturated carbocycles. The van der Waals surface area contributed by atoms with Crippen LogP contribution >= 0.6 is 15.9 Å². The summed E-state index contributed by atoms with van der Waals surface area (Å²) in [5.74, 6) is -0.0721. The zero-order valence-corrected chi connectivity index (χ0v) is 17.8. The smallest absolute Gasteiger partial charge is 0.280 e. The number of hydrazone groups is 1. The van der Waals surface area contributed by atoms with E-state index >= 15 is 0 Å². The number of halogens is 1. The topological polar surface area (TPSA) is 92.0 Å². The van der Waals surface area contributed by atoms with Crippen molar-refractivity contribution in [2.45, 2.75) is 6.92 Å². The Morgan fingerprint density at radius 3 is 2.48 bits per heavy atom. The minimum Gasteiger partial charge on any atom is -0.457 e. The first-order valence-corrected chi connectivity index (χ1v) is 10.2. The van der Waals surface area contributed by atoms with Crippen LogP contribution in [0, 0.1) is 0 Å². The predicted molar refractivity (Wildman–Crippen MR) is 119 cm³/mol. The van der Waals surface area contributed by atoms with E-state index in [1.165, 1.54) is 5.01 Å². The number of imide groups is 1. The number of hydrogen-bond donors (Lipinski definition) is 1. The SMILES string of the molecule is CC1=NN(c2ccc(Br)cc2)C(=O)C1=Cc1ccc(-c2ccc3c(c2)C(=O)NC3=O)o1. The molecule has 3 amide bonds. The minimum atomic E-state index is -0.424. The first-order valence-electron chi connectivity index (χ1n) is 9.38. The van der Waals surface area contributed by atoms with Crippen LogP contribution in [0.1, 0.15) is 33.4 Å². The molecule has 2 aliphatic rings. The number of rotatable bonds is 3. The maximum atomic E-state index is 12.9. The number of nitrogens with zero attached hydrogens (tertiary/aromatic N) is 2. The van der Waals surface area contributed by atoms with Gasteiger partial charge in [-0.3, -0.25) is 19.7 Å². The van der Waals surface area contributed by atoms with Crippen LogP contribution in [0.5, 0.6) is 0 Å². The van der Waals surface area contributed by atoms with E-state index in [0.29, 0.717) is 45.2 Å². The fourth-order valence-corrected chi connectivity index (χ4v) is 3.75. The highest BCUT2D eigenvalue weighted by Crippen LogP contribution is 2.30. The van der Waals surface area contributed by atoms with E-state index in [-0.39, 0.29) is 5.91 Å². The summed E-state index contributed by atoms with van der Waals surface area (Å²) < 4.78 is 6.79. The lowest BCUT2D eigenvalue weighted by atomic mass is 10.0. The third kappa shape index (κ3) is 3.30. The quantitative estimate of drug-likeness (QED) is 0.448. The second-order valence-electron chi connectivity index (χ2n) is 7.08. The molecule has 0 aliphatic carbocycles. The van der Waals surface area contributed by atoms with Crippen molar-refractivity contribution < 1.29 is 18.8 Å². The van der Waals surface area contributed by atoms with Gasteiger partial charge in [0, 0.05) is 10.0 Å². The van der Waals surface area contributed by atoms with Crippen molar-refractivity contribution in [3.8, 4) is 11.3 Å². The Balaban J connectivity index is 1.43. The molecule has 1 N–H and O–H groups in total. The molecule has 31 heavy (non-hydrogen) atoms. The number of benzene rings is 2. The van der Waals surface area contributed by atoms with Crippen molar-refractivity contribution >= 4 is 51.1 Å². The van der Waals surface area contributed by atoms with Gasteiger partial charge in [-0.1, -0.05) is 22.0 Å². The molecule has 152 valence electrons. The Morgan fingerprint density at radius 2 is 1.71 bits per heavy atom. The maximum absolute atomic E-state index is 12.9. The van der Waals surface area contributed by atoms with Crippen molar-refractivity contribution in [2.75, 3.05) is 5.01 Å². The number of carbonyl (C=O) groups excluding carboxylic acids is 3. The highest BCUT2D eigenvalue weighted by Gasteiger charge is 2.29. The van der Waals surface area contributed by atoms with Crippen LogP contribution in [0.2, 0.25) is 0 Å². The van der Waals surface area contributed by atoms with Gasteiger partial charge in [0.25, 0.3) is 17.7 Å². The summed E-state index contributed by atoms with van der Waals surface area (Å²) >= 11 is 3.38. The second kappa shape index (κ2) is 7.17. The molecule has 2 aromatic carbocycles. The minimum absolute atomic E-state index is 0.245. The van der Waals surface area contributed by atoms with Crippen LogP contribution < -0.4 is 10.3 Å². The highest BCUT2D eigenvalue weighted by atomic mass is 79.9. The number of hydrogen-bond acceptors (Lipinski definition) is 5. The van der Waals surface area contributed by atoms with Gasteiger partial charge < -0.3 is 4.42 Å². The zero-order valence-electron chi connectivity index (χ0n) is 16.2. The Labute approximate surface area is 185 Å². The number of fused-ring (bicyclic) bond motifs is 1. The number of nitrogens with one attached hydrogen (secondary N) is 1. The molecule has 8 heteroatoms. The van der Waals surface area contributed by atoms with Crippen molar-refractivity contribution in [1.29, 1.82) is 0 Å². The molecule has 0 atom stereocenters. The fraction of sp³-hybridized carbons (Fsp3) is 0.0435. The van der Waals surface area contributed by atoms with E-state index in [2.05, 4.69) is 26.3 Å². The molecule has 1 aromatic heterocycles. The molecular formula is C23H14BrN3O4. The van der Waals surface area contributed by atoms with E-state index in [4.69, 9.17) is 4.42 Å². The van der Waals surface area contributed by atoms with Gasteiger partial charge in [-0.15, -0.1) is 0 Å². The van der Waals surface area contributed by atoms with Gasteiger partial charge in [-0.2, -0.15) is 10.1 Å². The largest absolute Gasteiger partial charge is 0.457 e. The van der Waals surface area contributed by atoms with Crippen LogP contribution in [0.15, 0.2) is 74.2 Å². The van der Waals surface area contributed by atoms with Crippen LogP contribution in [0.4, 0.5) is 5.69 Å². The monoisotopic (exact) mass is 475 g/mol. The van der Waals surface area contributed by atoms with E-state index < -0.39 is 11.8 Å². The van der Waals surface area contributed by atoms with Crippen LogP contribution in [0.25, 0.3) is 17.4 Å². The molecule has 0 spiro atoms. The van der Waals surface area contributed by atoms with Gasteiger partial charge in [0.1, 0.15) is 11.5 Å². The van der Waals surface area contributed by atoms with E-state index in [1.807, 2.05) is 12.1 Å². The zero-order chi connectivity index (χ0) is 21.7. The highest BCUT2D eigenvalue weighted by molar-refractivity contribution is 9.10. The molecular weight excluding hydrogens is 462 g/mol. The molecule has 0 radical (unpaired) electrons. The fourth-order valence-electron chi connectivity index (χ4n) is 3.49.